The van der Waals surface area contributed by atoms with Gasteiger partial charge in [-0.15, -0.1) is 0 Å². The van der Waals surface area contributed by atoms with Crippen molar-refractivity contribution in [1.82, 2.24) is 15.4 Å². The van der Waals surface area contributed by atoms with Crippen LogP contribution in [0.4, 0.5) is 0 Å². The summed E-state index contributed by atoms with van der Waals surface area (Å²) in [6.07, 6.45) is 1.65. The third kappa shape index (κ3) is 5.53. The normalized spacial score (nSPS) is 11.3. The molecule has 1 heterocycles. The maximum absolute atomic E-state index is 12.4. The van der Waals surface area contributed by atoms with Crippen LogP contribution < -0.4 is 10.2 Å². The van der Waals surface area contributed by atoms with Gasteiger partial charge in [0.15, 0.2) is 5.16 Å². The molecular formula is C28H24N4O2S. The number of nitrogens with zero attached hydrogens (tertiary/aromatic N) is 2. The molecule has 4 aromatic carbocycles. The standard InChI is InChI=1S/C28H24N4O2S/c1-19-10-12-20(13-11-19)17-34-26-15-14-21-6-2-3-7-22(21)23(26)16-29-32-27(33)18-35-28-30-24-8-4-5-9-25(24)31-28/h2-16H,17-18H2,1H3,(H,30,31)(H,32,33)/b29-16+. The Kier molecular flexibility index (Phi) is 6.77. The number of aryl methyl sites for hydroxylation is 1. The second-order valence-electron chi connectivity index (χ2n) is 8.11. The van der Waals surface area contributed by atoms with E-state index >= 15 is 0 Å². The van der Waals surface area contributed by atoms with E-state index in [9.17, 15) is 4.79 Å². The smallest absolute Gasteiger partial charge is 0.250 e. The van der Waals surface area contributed by atoms with Crippen LogP contribution in [-0.4, -0.2) is 27.8 Å². The zero-order valence-corrected chi connectivity index (χ0v) is 20.0. The summed E-state index contributed by atoms with van der Waals surface area (Å²) in [6, 6.07) is 28.0. The predicted molar refractivity (Wildman–Crippen MR) is 142 cm³/mol. The van der Waals surface area contributed by atoms with E-state index in [0.29, 0.717) is 17.5 Å². The highest BCUT2D eigenvalue weighted by Gasteiger charge is 2.09. The average molecular weight is 481 g/mol. The summed E-state index contributed by atoms with van der Waals surface area (Å²) in [7, 11) is 0. The molecule has 0 aliphatic carbocycles. The number of amides is 1. The first-order valence-electron chi connectivity index (χ1n) is 11.3. The number of ether oxygens (including phenoxy) is 1. The molecule has 0 spiro atoms. The van der Waals surface area contributed by atoms with Gasteiger partial charge >= 0.3 is 0 Å². The fourth-order valence-electron chi connectivity index (χ4n) is 3.71. The van der Waals surface area contributed by atoms with Crippen molar-refractivity contribution in [3.05, 3.63) is 102 Å². The minimum absolute atomic E-state index is 0.198. The second kappa shape index (κ2) is 10.4. The van der Waals surface area contributed by atoms with E-state index < -0.39 is 0 Å². The van der Waals surface area contributed by atoms with Crippen molar-refractivity contribution >= 4 is 45.7 Å². The molecule has 174 valence electrons. The fourth-order valence-corrected chi connectivity index (χ4v) is 4.39. The first-order chi connectivity index (χ1) is 17.2. The molecule has 0 aliphatic rings. The zero-order valence-electron chi connectivity index (χ0n) is 19.2. The van der Waals surface area contributed by atoms with Crippen LogP contribution in [0.2, 0.25) is 0 Å². The van der Waals surface area contributed by atoms with Gasteiger partial charge in [-0.2, -0.15) is 5.10 Å². The highest BCUT2D eigenvalue weighted by atomic mass is 32.2. The molecule has 0 unspecified atom stereocenters. The Balaban J connectivity index is 1.27. The van der Waals surface area contributed by atoms with Crippen molar-refractivity contribution in [2.75, 3.05) is 5.75 Å². The van der Waals surface area contributed by atoms with Gasteiger partial charge in [0.05, 0.1) is 23.0 Å². The molecule has 0 aliphatic heterocycles. The topological polar surface area (TPSA) is 79.4 Å². The largest absolute Gasteiger partial charge is 0.488 e. The van der Waals surface area contributed by atoms with Crippen LogP contribution in [0.3, 0.4) is 0 Å². The Morgan fingerprint density at radius 1 is 1.03 bits per heavy atom. The minimum Gasteiger partial charge on any atom is -0.488 e. The lowest BCUT2D eigenvalue weighted by Crippen LogP contribution is -2.19. The molecule has 7 heteroatoms. The highest BCUT2D eigenvalue weighted by molar-refractivity contribution is 7.99. The van der Waals surface area contributed by atoms with Gasteiger partial charge in [-0.1, -0.05) is 84.1 Å². The summed E-state index contributed by atoms with van der Waals surface area (Å²) in [5.41, 5.74) is 7.56. The van der Waals surface area contributed by atoms with Gasteiger partial charge in [0.2, 0.25) is 0 Å². The molecule has 0 saturated heterocycles. The molecule has 5 aromatic rings. The van der Waals surface area contributed by atoms with Gasteiger partial charge in [0.1, 0.15) is 12.4 Å². The Morgan fingerprint density at radius 3 is 2.69 bits per heavy atom. The molecule has 1 amide bonds. The number of nitrogens with one attached hydrogen (secondary N) is 2. The molecule has 35 heavy (non-hydrogen) atoms. The van der Waals surface area contributed by atoms with Gasteiger partial charge in [-0.25, -0.2) is 10.4 Å². The van der Waals surface area contributed by atoms with Crippen molar-refractivity contribution < 1.29 is 9.53 Å². The summed E-state index contributed by atoms with van der Waals surface area (Å²) in [5.74, 6) is 0.691. The van der Waals surface area contributed by atoms with Crippen LogP contribution >= 0.6 is 11.8 Å². The number of hydrogen-bond acceptors (Lipinski definition) is 5. The number of para-hydroxylation sites is 2. The Morgan fingerprint density at radius 2 is 1.83 bits per heavy atom. The minimum atomic E-state index is -0.214. The summed E-state index contributed by atoms with van der Waals surface area (Å²) in [6.45, 7) is 2.51. The first-order valence-corrected chi connectivity index (χ1v) is 12.2. The van der Waals surface area contributed by atoms with Crippen LogP contribution in [0.5, 0.6) is 5.75 Å². The number of thioether (sulfide) groups is 1. The summed E-state index contributed by atoms with van der Waals surface area (Å²) in [4.78, 5) is 20.1. The second-order valence-corrected chi connectivity index (χ2v) is 9.08. The molecule has 2 N–H and O–H groups in total. The lowest BCUT2D eigenvalue weighted by atomic mass is 10.0. The predicted octanol–water partition coefficient (Wildman–Crippen LogP) is 5.85. The Labute approximate surface area is 207 Å². The molecule has 0 saturated carbocycles. The Bertz CT molecular complexity index is 1480. The lowest BCUT2D eigenvalue weighted by Gasteiger charge is -2.12. The third-order valence-electron chi connectivity index (χ3n) is 5.54. The number of carbonyl (C=O) groups is 1. The number of aromatic nitrogens is 2. The number of hydrogen-bond donors (Lipinski definition) is 2. The van der Waals surface area contributed by atoms with Gasteiger partial charge in [-0.3, -0.25) is 4.79 Å². The van der Waals surface area contributed by atoms with E-state index in [2.05, 4.69) is 51.7 Å². The number of rotatable bonds is 8. The molecular weight excluding hydrogens is 456 g/mol. The lowest BCUT2D eigenvalue weighted by molar-refractivity contribution is -0.118. The monoisotopic (exact) mass is 480 g/mol. The molecule has 0 radical (unpaired) electrons. The van der Waals surface area contributed by atoms with Crippen LogP contribution in [0, 0.1) is 6.92 Å². The van der Waals surface area contributed by atoms with Crippen molar-refractivity contribution in [3.63, 3.8) is 0 Å². The van der Waals surface area contributed by atoms with E-state index in [1.54, 1.807) is 6.21 Å². The SMILES string of the molecule is Cc1ccc(COc2ccc3ccccc3c2/C=N/NC(=O)CSc2nc3ccccc3[nH]2)cc1. The number of fused-ring (bicyclic) bond motifs is 2. The number of hydrazone groups is 1. The Hall–Kier alpha value is -4.10. The zero-order chi connectivity index (χ0) is 24.0. The van der Waals surface area contributed by atoms with E-state index in [4.69, 9.17) is 4.74 Å². The van der Waals surface area contributed by atoms with Gasteiger partial charge in [0.25, 0.3) is 5.91 Å². The summed E-state index contributed by atoms with van der Waals surface area (Å²) >= 11 is 1.34. The van der Waals surface area contributed by atoms with E-state index in [-0.39, 0.29) is 11.7 Å². The summed E-state index contributed by atoms with van der Waals surface area (Å²) < 4.78 is 6.14. The van der Waals surface area contributed by atoms with E-state index in [1.807, 2.05) is 60.7 Å². The molecule has 0 bridgehead atoms. The quantitative estimate of drug-likeness (QED) is 0.166. The van der Waals surface area contributed by atoms with Gasteiger partial charge in [0, 0.05) is 5.56 Å². The van der Waals surface area contributed by atoms with Crippen molar-refractivity contribution in [1.29, 1.82) is 0 Å². The fraction of sp³-hybridized carbons (Fsp3) is 0.107. The van der Waals surface area contributed by atoms with E-state index in [1.165, 1.54) is 17.3 Å². The number of H-pyrrole nitrogens is 1. The first kappa shape index (κ1) is 22.7. The van der Waals surface area contributed by atoms with Crippen LogP contribution in [0.25, 0.3) is 21.8 Å². The van der Waals surface area contributed by atoms with Gasteiger partial charge in [-0.05, 0) is 41.5 Å². The molecule has 0 fully saturated rings. The number of benzene rings is 4. The maximum Gasteiger partial charge on any atom is 0.250 e. The van der Waals surface area contributed by atoms with Crippen LogP contribution in [0.15, 0.2) is 95.2 Å². The van der Waals surface area contributed by atoms with Crippen LogP contribution in [0.1, 0.15) is 16.7 Å². The molecule has 0 atom stereocenters. The molecule has 6 nitrogen and oxygen atoms in total. The van der Waals surface area contributed by atoms with Gasteiger partial charge < -0.3 is 9.72 Å². The number of carbonyl (C=O) groups excluding carboxylic acids is 1. The molecule has 1 aromatic heterocycles. The molecule has 5 rings (SSSR count). The highest BCUT2D eigenvalue weighted by Crippen LogP contribution is 2.27. The number of aromatic amines is 1. The van der Waals surface area contributed by atoms with Crippen LogP contribution in [-0.2, 0) is 11.4 Å². The third-order valence-corrected chi connectivity index (χ3v) is 6.41. The maximum atomic E-state index is 12.4. The summed E-state index contributed by atoms with van der Waals surface area (Å²) in [5, 5.41) is 7.00. The van der Waals surface area contributed by atoms with Crippen molar-refractivity contribution in [2.24, 2.45) is 5.10 Å². The average Bonchev–Trinajstić information content (AvgIpc) is 3.31. The van der Waals surface area contributed by atoms with Crippen molar-refractivity contribution in [2.45, 2.75) is 18.7 Å². The number of imidazole rings is 1. The van der Waals surface area contributed by atoms with E-state index in [0.717, 1.165) is 32.9 Å². The van der Waals surface area contributed by atoms with Crippen molar-refractivity contribution in [3.8, 4) is 5.75 Å².